The van der Waals surface area contributed by atoms with Gasteiger partial charge < -0.3 is 9.47 Å². The van der Waals surface area contributed by atoms with Crippen LogP contribution in [0.3, 0.4) is 0 Å². The summed E-state index contributed by atoms with van der Waals surface area (Å²) in [5.74, 6) is 1.89. The zero-order valence-electron chi connectivity index (χ0n) is 13.2. The van der Waals surface area contributed by atoms with Crippen LogP contribution in [-0.2, 0) is 16.8 Å². The van der Waals surface area contributed by atoms with Crippen molar-refractivity contribution in [2.45, 2.75) is 39.7 Å². The first kappa shape index (κ1) is 15.4. The van der Waals surface area contributed by atoms with E-state index in [1.807, 2.05) is 19.1 Å². The summed E-state index contributed by atoms with van der Waals surface area (Å²) in [4.78, 5) is 13.2. The van der Waals surface area contributed by atoms with Gasteiger partial charge in [0.1, 0.15) is 11.6 Å². The largest absolute Gasteiger partial charge is 0.437 e. The standard InChI is InChI=1S/C16H21N3O2/c1-11-6-7-13(9-17-11)21-14-8-12(10-20-5)18-15(19-14)16(2,3)4/h6-9H,10H2,1-5H3. The van der Waals surface area contributed by atoms with E-state index in [9.17, 15) is 0 Å². The summed E-state index contributed by atoms with van der Waals surface area (Å²) in [6.07, 6.45) is 1.68. The highest BCUT2D eigenvalue weighted by molar-refractivity contribution is 5.27. The zero-order valence-corrected chi connectivity index (χ0v) is 13.2. The van der Waals surface area contributed by atoms with Gasteiger partial charge in [0, 0.05) is 24.3 Å². The maximum Gasteiger partial charge on any atom is 0.222 e. The lowest BCUT2D eigenvalue weighted by molar-refractivity contribution is 0.180. The van der Waals surface area contributed by atoms with Crippen LogP contribution in [0, 0.1) is 6.92 Å². The van der Waals surface area contributed by atoms with Crippen molar-refractivity contribution in [1.82, 2.24) is 15.0 Å². The second-order valence-corrected chi connectivity index (χ2v) is 5.94. The molecule has 0 aliphatic rings. The lowest BCUT2D eigenvalue weighted by Gasteiger charge is -2.18. The minimum absolute atomic E-state index is 0.159. The van der Waals surface area contributed by atoms with Crippen LogP contribution in [0.25, 0.3) is 0 Å². The molecule has 2 aromatic rings. The van der Waals surface area contributed by atoms with Crippen LogP contribution in [-0.4, -0.2) is 22.1 Å². The van der Waals surface area contributed by atoms with E-state index in [4.69, 9.17) is 9.47 Å². The summed E-state index contributed by atoms with van der Waals surface area (Å²) in [6.45, 7) is 8.55. The Morgan fingerprint density at radius 2 is 1.90 bits per heavy atom. The second-order valence-electron chi connectivity index (χ2n) is 5.94. The van der Waals surface area contributed by atoms with Crippen molar-refractivity contribution in [2.75, 3.05) is 7.11 Å². The molecule has 0 atom stereocenters. The first-order valence-electron chi connectivity index (χ1n) is 6.86. The highest BCUT2D eigenvalue weighted by atomic mass is 16.5. The third-order valence-corrected chi connectivity index (χ3v) is 2.83. The second kappa shape index (κ2) is 6.18. The molecule has 5 heteroatoms. The Hall–Kier alpha value is -2.01. The van der Waals surface area contributed by atoms with E-state index >= 15 is 0 Å². The zero-order chi connectivity index (χ0) is 15.5. The van der Waals surface area contributed by atoms with Crippen molar-refractivity contribution in [2.24, 2.45) is 0 Å². The summed E-state index contributed by atoms with van der Waals surface area (Å²) in [6, 6.07) is 5.56. The van der Waals surface area contributed by atoms with Crippen molar-refractivity contribution in [3.63, 3.8) is 0 Å². The molecular weight excluding hydrogens is 266 g/mol. The molecule has 0 amide bonds. The molecule has 0 fully saturated rings. The van der Waals surface area contributed by atoms with Gasteiger partial charge >= 0.3 is 0 Å². The van der Waals surface area contributed by atoms with Crippen LogP contribution in [0.2, 0.25) is 0 Å². The van der Waals surface area contributed by atoms with Crippen molar-refractivity contribution >= 4 is 0 Å². The highest BCUT2D eigenvalue weighted by Gasteiger charge is 2.19. The highest BCUT2D eigenvalue weighted by Crippen LogP contribution is 2.24. The molecule has 2 aromatic heterocycles. The van der Waals surface area contributed by atoms with Gasteiger partial charge in [-0.3, -0.25) is 4.98 Å². The number of pyridine rings is 1. The molecule has 0 spiro atoms. The summed E-state index contributed by atoms with van der Waals surface area (Å²) >= 11 is 0. The summed E-state index contributed by atoms with van der Waals surface area (Å²) < 4.78 is 10.9. The molecule has 2 heterocycles. The van der Waals surface area contributed by atoms with Gasteiger partial charge in [-0.25, -0.2) is 4.98 Å². The molecule has 0 aliphatic heterocycles. The molecule has 0 saturated carbocycles. The number of hydrogen-bond acceptors (Lipinski definition) is 5. The van der Waals surface area contributed by atoms with Crippen molar-refractivity contribution in [3.8, 4) is 11.6 Å². The van der Waals surface area contributed by atoms with Gasteiger partial charge in [0.05, 0.1) is 18.5 Å². The molecule has 5 nitrogen and oxygen atoms in total. The Kier molecular flexibility index (Phi) is 4.53. The molecule has 0 saturated heterocycles. The van der Waals surface area contributed by atoms with E-state index < -0.39 is 0 Å². The van der Waals surface area contributed by atoms with Gasteiger partial charge in [-0.1, -0.05) is 20.8 Å². The lowest BCUT2D eigenvalue weighted by atomic mass is 9.95. The number of aryl methyl sites for hydroxylation is 1. The molecule has 21 heavy (non-hydrogen) atoms. The van der Waals surface area contributed by atoms with E-state index in [1.165, 1.54) is 0 Å². The monoisotopic (exact) mass is 287 g/mol. The molecule has 0 N–H and O–H groups in total. The molecule has 0 unspecified atom stereocenters. The van der Waals surface area contributed by atoms with Crippen molar-refractivity contribution < 1.29 is 9.47 Å². The SMILES string of the molecule is COCc1cc(Oc2ccc(C)nc2)nc(C(C)(C)C)n1. The number of methoxy groups -OCH3 is 1. The Labute approximate surface area is 125 Å². The van der Waals surface area contributed by atoms with Crippen molar-refractivity contribution in [3.05, 3.63) is 41.6 Å². The topological polar surface area (TPSA) is 57.1 Å². The van der Waals surface area contributed by atoms with Gasteiger partial charge in [0.2, 0.25) is 5.88 Å². The van der Waals surface area contributed by atoms with E-state index in [-0.39, 0.29) is 5.41 Å². The minimum atomic E-state index is -0.159. The predicted molar refractivity (Wildman–Crippen MR) is 80.5 cm³/mol. The molecule has 112 valence electrons. The number of aromatic nitrogens is 3. The first-order chi connectivity index (χ1) is 9.88. The van der Waals surface area contributed by atoms with E-state index in [2.05, 4.69) is 35.7 Å². The third kappa shape index (κ3) is 4.23. The fourth-order valence-electron chi connectivity index (χ4n) is 1.72. The maximum absolute atomic E-state index is 5.79. The maximum atomic E-state index is 5.79. The average Bonchev–Trinajstić information content (AvgIpc) is 2.41. The van der Waals surface area contributed by atoms with E-state index in [1.54, 1.807) is 19.4 Å². The van der Waals surface area contributed by atoms with Gasteiger partial charge in [-0.05, 0) is 19.1 Å². The quantitative estimate of drug-likeness (QED) is 0.862. The summed E-state index contributed by atoms with van der Waals surface area (Å²) in [5.41, 5.74) is 1.58. The molecular formula is C16H21N3O2. The van der Waals surface area contributed by atoms with E-state index in [0.717, 1.165) is 17.2 Å². The summed E-state index contributed by atoms with van der Waals surface area (Å²) in [7, 11) is 1.64. The molecule has 0 aliphatic carbocycles. The molecule has 0 aromatic carbocycles. The Morgan fingerprint density at radius 3 is 2.48 bits per heavy atom. The van der Waals surface area contributed by atoms with Crippen LogP contribution in [0.5, 0.6) is 11.6 Å². The van der Waals surface area contributed by atoms with Gasteiger partial charge in [0.15, 0.2) is 0 Å². The number of ether oxygens (including phenoxy) is 2. The Morgan fingerprint density at radius 1 is 1.14 bits per heavy atom. The number of nitrogens with zero attached hydrogens (tertiary/aromatic N) is 3. The Balaban J connectivity index is 2.33. The van der Waals surface area contributed by atoms with Gasteiger partial charge in [0.25, 0.3) is 0 Å². The van der Waals surface area contributed by atoms with Crippen molar-refractivity contribution in [1.29, 1.82) is 0 Å². The number of hydrogen-bond donors (Lipinski definition) is 0. The molecule has 2 rings (SSSR count). The third-order valence-electron chi connectivity index (χ3n) is 2.83. The van der Waals surface area contributed by atoms with Crippen LogP contribution >= 0.6 is 0 Å². The number of rotatable bonds is 4. The van der Waals surface area contributed by atoms with E-state index in [0.29, 0.717) is 18.2 Å². The fraction of sp³-hybridized carbons (Fsp3) is 0.438. The van der Waals surface area contributed by atoms with Gasteiger partial charge in [-0.2, -0.15) is 4.98 Å². The lowest BCUT2D eigenvalue weighted by Crippen LogP contribution is -2.17. The fourth-order valence-corrected chi connectivity index (χ4v) is 1.72. The minimum Gasteiger partial charge on any atom is -0.437 e. The molecule has 0 bridgehead atoms. The smallest absolute Gasteiger partial charge is 0.222 e. The van der Waals surface area contributed by atoms with Crippen LogP contribution in [0.1, 0.15) is 38.0 Å². The Bertz CT molecular complexity index is 604. The summed E-state index contributed by atoms with van der Waals surface area (Å²) in [5, 5.41) is 0. The average molecular weight is 287 g/mol. The van der Waals surface area contributed by atoms with Crippen LogP contribution in [0.15, 0.2) is 24.4 Å². The predicted octanol–water partition coefficient (Wildman–Crippen LogP) is 3.42. The van der Waals surface area contributed by atoms with Crippen LogP contribution in [0.4, 0.5) is 0 Å². The first-order valence-corrected chi connectivity index (χ1v) is 6.86. The van der Waals surface area contributed by atoms with Gasteiger partial charge in [-0.15, -0.1) is 0 Å². The van der Waals surface area contributed by atoms with Crippen LogP contribution < -0.4 is 4.74 Å². The molecule has 0 radical (unpaired) electrons. The normalized spacial score (nSPS) is 11.5.